The minimum absolute atomic E-state index is 0.0881. The van der Waals surface area contributed by atoms with Crippen molar-refractivity contribution in [3.8, 4) is 0 Å². The van der Waals surface area contributed by atoms with Crippen LogP contribution in [-0.2, 0) is 24.4 Å². The lowest BCUT2D eigenvalue weighted by Gasteiger charge is -2.38. The molecule has 41 heavy (non-hydrogen) atoms. The summed E-state index contributed by atoms with van der Waals surface area (Å²) in [6, 6.07) is 10.5. The number of fused-ring (bicyclic) bond motifs is 1. The van der Waals surface area contributed by atoms with Gasteiger partial charge in [0, 0.05) is 43.2 Å². The average Bonchev–Trinajstić information content (AvgIpc) is 3.32. The average molecular weight is 602 g/mol. The van der Waals surface area contributed by atoms with Crippen LogP contribution in [0, 0.1) is 5.92 Å². The molecule has 0 aromatic heterocycles. The van der Waals surface area contributed by atoms with Crippen molar-refractivity contribution in [3.05, 3.63) is 47.1 Å². The van der Waals surface area contributed by atoms with Crippen molar-refractivity contribution < 1.29 is 22.8 Å². The van der Waals surface area contributed by atoms with E-state index >= 15 is 0 Å². The molecule has 0 atom stereocenters. The Balaban J connectivity index is 1.13. The quantitative estimate of drug-likeness (QED) is 0.521. The van der Waals surface area contributed by atoms with Crippen molar-refractivity contribution in [2.75, 3.05) is 32.7 Å². The maximum absolute atomic E-state index is 13.3. The van der Waals surface area contributed by atoms with E-state index in [9.17, 15) is 18.0 Å². The Kier molecular flexibility index (Phi) is 8.46. The van der Waals surface area contributed by atoms with E-state index in [0.717, 1.165) is 36.5 Å². The Hall–Kier alpha value is -2.95. The zero-order chi connectivity index (χ0) is 29.4. The van der Waals surface area contributed by atoms with Gasteiger partial charge in [-0.25, -0.2) is 23.3 Å². The number of nitrogens with zero attached hydrogens (tertiary/aromatic N) is 4. The van der Waals surface area contributed by atoms with Crippen LogP contribution in [-0.4, -0.2) is 84.9 Å². The maximum Gasteiger partial charge on any atom is 0.243 e. The molecule has 0 radical (unpaired) electrons. The highest BCUT2D eigenvalue weighted by molar-refractivity contribution is 7.89. The number of hydroxylamine groups is 2. The molecule has 1 saturated carbocycles. The van der Waals surface area contributed by atoms with Crippen LogP contribution in [0.15, 0.2) is 52.0 Å². The van der Waals surface area contributed by atoms with Crippen LogP contribution in [0.3, 0.4) is 0 Å². The van der Waals surface area contributed by atoms with Gasteiger partial charge in [-0.1, -0.05) is 23.7 Å². The number of guanidine groups is 1. The Morgan fingerprint density at radius 3 is 2.34 bits per heavy atom. The number of piperazine rings is 1. The summed E-state index contributed by atoms with van der Waals surface area (Å²) in [6.45, 7) is 7.30. The zero-order valence-corrected chi connectivity index (χ0v) is 25.2. The molecule has 12 heteroatoms. The fourth-order valence-electron chi connectivity index (χ4n) is 5.57. The second-order valence-corrected chi connectivity index (χ2v) is 14.2. The van der Waals surface area contributed by atoms with Gasteiger partial charge in [-0.15, -0.1) is 0 Å². The van der Waals surface area contributed by atoms with Crippen molar-refractivity contribution in [1.29, 1.82) is 0 Å². The normalized spacial score (nSPS) is 22.5. The zero-order valence-electron chi connectivity index (χ0n) is 23.6. The third kappa shape index (κ3) is 6.76. The minimum atomic E-state index is -3.68. The predicted octanol–water partition coefficient (Wildman–Crippen LogP) is 3.59. The van der Waals surface area contributed by atoms with Crippen LogP contribution in [0.4, 0.5) is 0 Å². The van der Waals surface area contributed by atoms with E-state index in [1.54, 1.807) is 40.3 Å². The minimum Gasteiger partial charge on any atom is -0.351 e. The lowest BCUT2D eigenvalue weighted by atomic mass is 9.85. The van der Waals surface area contributed by atoms with Gasteiger partial charge in [0.2, 0.25) is 21.9 Å². The summed E-state index contributed by atoms with van der Waals surface area (Å²) in [5, 5.41) is 7.28. The molecule has 1 saturated heterocycles. The molecule has 0 spiro atoms. The molecule has 2 fully saturated rings. The highest BCUT2D eigenvalue weighted by Crippen LogP contribution is 2.29. The SMILES string of the molecule is CC(C)(C)ON1CC(=C=O)N=C1N[C@H]1CC[C@H](C(=O)N2CCN(S(=O)(=O)c3ccc4cc(Cl)ccc4c3)CC2)CC1. The van der Waals surface area contributed by atoms with Crippen molar-refractivity contribution >= 4 is 50.2 Å². The summed E-state index contributed by atoms with van der Waals surface area (Å²) in [6.07, 6.45) is 3.00. The standard InChI is InChI=1S/C29H36ClN5O5S/c1-29(2,3)40-35-18-25(19-36)32-28(35)31-24-9-5-20(6-10-24)27(37)33-12-14-34(15-13-33)41(38,39)26-11-7-21-16-23(30)8-4-22(21)17-26/h4,7-8,11,16-17,20,24H,5-6,9-10,12-15,18H2,1-3H3,(H,31,32)/t20-,24-. The number of carbonyl (C=O) groups is 1. The Morgan fingerprint density at radius 1 is 1.02 bits per heavy atom. The Labute approximate surface area is 246 Å². The predicted molar refractivity (Wildman–Crippen MR) is 157 cm³/mol. The third-order valence-electron chi connectivity index (χ3n) is 7.64. The molecule has 2 aliphatic heterocycles. The molecule has 5 rings (SSSR count). The van der Waals surface area contributed by atoms with Gasteiger partial charge >= 0.3 is 0 Å². The van der Waals surface area contributed by atoms with Crippen LogP contribution in [0.1, 0.15) is 46.5 Å². The molecule has 2 aromatic rings. The van der Waals surface area contributed by atoms with E-state index in [2.05, 4.69) is 10.3 Å². The molecule has 3 aliphatic rings. The van der Waals surface area contributed by atoms with Gasteiger partial charge in [0.1, 0.15) is 18.2 Å². The van der Waals surface area contributed by atoms with Crippen molar-refractivity contribution in [3.63, 3.8) is 0 Å². The summed E-state index contributed by atoms with van der Waals surface area (Å²) in [5.74, 6) is 2.35. The van der Waals surface area contributed by atoms with E-state index < -0.39 is 15.6 Å². The molecular formula is C29H36ClN5O5S. The summed E-state index contributed by atoms with van der Waals surface area (Å²) < 4.78 is 28.1. The molecule has 2 heterocycles. The van der Waals surface area contributed by atoms with Gasteiger partial charge in [-0.3, -0.25) is 9.63 Å². The summed E-state index contributed by atoms with van der Waals surface area (Å²) in [4.78, 5) is 36.8. The second kappa shape index (κ2) is 11.7. The van der Waals surface area contributed by atoms with E-state index in [4.69, 9.17) is 16.4 Å². The number of hydrogen-bond donors (Lipinski definition) is 1. The van der Waals surface area contributed by atoms with Crippen LogP contribution in [0.25, 0.3) is 10.8 Å². The lowest BCUT2D eigenvalue weighted by Crippen LogP contribution is -2.52. The summed E-state index contributed by atoms with van der Waals surface area (Å²) >= 11 is 6.06. The van der Waals surface area contributed by atoms with Gasteiger partial charge < -0.3 is 10.2 Å². The number of aliphatic imine (C=N–C) groups is 1. The van der Waals surface area contributed by atoms with Crippen molar-refractivity contribution in [1.82, 2.24) is 19.6 Å². The Bertz CT molecular complexity index is 1500. The van der Waals surface area contributed by atoms with Crippen LogP contribution in [0.2, 0.25) is 5.02 Å². The summed E-state index contributed by atoms with van der Waals surface area (Å²) in [7, 11) is -3.68. The van der Waals surface area contributed by atoms with Crippen molar-refractivity contribution in [2.24, 2.45) is 10.9 Å². The number of hydrogen-bond acceptors (Lipinski definition) is 8. The van der Waals surface area contributed by atoms with Crippen LogP contribution in [0.5, 0.6) is 0 Å². The fraction of sp³-hybridized carbons (Fsp3) is 0.517. The van der Waals surface area contributed by atoms with Gasteiger partial charge in [-0.05, 0) is 81.5 Å². The van der Waals surface area contributed by atoms with Crippen LogP contribution >= 0.6 is 11.6 Å². The molecule has 10 nitrogen and oxygen atoms in total. The highest BCUT2D eigenvalue weighted by atomic mass is 35.5. The number of carbonyl (C=O) groups excluding carboxylic acids is 2. The van der Waals surface area contributed by atoms with E-state index in [1.807, 2.05) is 32.8 Å². The number of benzene rings is 2. The first-order valence-corrected chi connectivity index (χ1v) is 15.8. The first-order valence-electron chi connectivity index (χ1n) is 14.0. The third-order valence-corrected chi connectivity index (χ3v) is 9.77. The lowest BCUT2D eigenvalue weighted by molar-refractivity contribution is -0.176. The largest absolute Gasteiger partial charge is 0.351 e. The monoisotopic (exact) mass is 601 g/mol. The molecule has 220 valence electrons. The number of amides is 1. The topological polar surface area (TPSA) is 112 Å². The fourth-order valence-corrected chi connectivity index (χ4v) is 7.21. The van der Waals surface area contributed by atoms with E-state index in [0.29, 0.717) is 24.1 Å². The smallest absolute Gasteiger partial charge is 0.243 e. The van der Waals surface area contributed by atoms with Gasteiger partial charge in [0.25, 0.3) is 0 Å². The molecule has 1 amide bonds. The molecule has 0 unspecified atom stereocenters. The molecule has 1 N–H and O–H groups in total. The first kappa shape index (κ1) is 29.5. The molecule has 1 aliphatic carbocycles. The number of halogens is 1. The first-order chi connectivity index (χ1) is 19.4. The Morgan fingerprint density at radius 2 is 1.68 bits per heavy atom. The molecular weight excluding hydrogens is 566 g/mol. The number of sulfonamides is 1. The van der Waals surface area contributed by atoms with Gasteiger partial charge in [0.15, 0.2) is 0 Å². The van der Waals surface area contributed by atoms with Gasteiger partial charge in [-0.2, -0.15) is 4.31 Å². The van der Waals surface area contributed by atoms with Crippen molar-refractivity contribution in [2.45, 2.75) is 63.0 Å². The maximum atomic E-state index is 13.3. The van der Waals surface area contributed by atoms with Crippen LogP contribution < -0.4 is 5.32 Å². The van der Waals surface area contributed by atoms with E-state index in [1.165, 1.54) is 4.31 Å². The second-order valence-electron chi connectivity index (χ2n) is 11.8. The molecule has 2 aromatic carbocycles. The molecule has 0 bridgehead atoms. The number of nitrogens with one attached hydrogen (secondary N) is 1. The summed E-state index contributed by atoms with van der Waals surface area (Å²) in [5.41, 5.74) is -0.161. The highest BCUT2D eigenvalue weighted by Gasteiger charge is 2.35. The van der Waals surface area contributed by atoms with Gasteiger partial charge in [0.05, 0.1) is 10.5 Å². The number of rotatable bonds is 5. The van der Waals surface area contributed by atoms with E-state index in [-0.39, 0.29) is 48.1 Å².